The van der Waals surface area contributed by atoms with Crippen LogP contribution in [0.3, 0.4) is 0 Å². The fraction of sp³-hybridized carbons (Fsp3) is 0.381. The number of nitrogens with zero attached hydrogens (tertiary/aromatic N) is 1. The molecule has 1 aliphatic heterocycles. The number of thioether (sulfide) groups is 1. The molecule has 3 rings (SSSR count). The van der Waals surface area contributed by atoms with Gasteiger partial charge < -0.3 is 10.2 Å². The van der Waals surface area contributed by atoms with Crippen LogP contribution < -0.4 is 10.2 Å². The lowest BCUT2D eigenvalue weighted by molar-refractivity contribution is -0.115. The lowest BCUT2D eigenvalue weighted by atomic mass is 9.99. The van der Waals surface area contributed by atoms with E-state index in [4.69, 9.17) is 0 Å². The zero-order valence-electron chi connectivity index (χ0n) is 14.8. The van der Waals surface area contributed by atoms with Crippen LogP contribution >= 0.6 is 11.8 Å². The molecule has 0 saturated carbocycles. The molecule has 0 unspecified atom stereocenters. The van der Waals surface area contributed by atoms with Crippen molar-refractivity contribution >= 4 is 29.0 Å². The SMILES string of the molecule is CC1CCN(c2ccc(NC(=O)CCSc3ccccc3)cc2)CC1. The van der Waals surface area contributed by atoms with Crippen molar-refractivity contribution < 1.29 is 4.79 Å². The van der Waals surface area contributed by atoms with Crippen LogP contribution in [0.15, 0.2) is 59.5 Å². The molecule has 4 heteroatoms. The molecule has 25 heavy (non-hydrogen) atoms. The van der Waals surface area contributed by atoms with Gasteiger partial charge in [-0.3, -0.25) is 4.79 Å². The van der Waals surface area contributed by atoms with Gasteiger partial charge in [0, 0.05) is 41.5 Å². The molecule has 132 valence electrons. The maximum Gasteiger partial charge on any atom is 0.225 e. The van der Waals surface area contributed by atoms with Crippen molar-refractivity contribution in [2.24, 2.45) is 5.92 Å². The topological polar surface area (TPSA) is 32.3 Å². The van der Waals surface area contributed by atoms with E-state index in [9.17, 15) is 4.79 Å². The number of carbonyl (C=O) groups is 1. The van der Waals surface area contributed by atoms with E-state index in [2.05, 4.69) is 41.4 Å². The Morgan fingerprint density at radius 3 is 2.44 bits per heavy atom. The maximum atomic E-state index is 12.1. The van der Waals surface area contributed by atoms with Gasteiger partial charge in [0.15, 0.2) is 0 Å². The number of hydrogen-bond donors (Lipinski definition) is 1. The van der Waals surface area contributed by atoms with Gasteiger partial charge in [-0.2, -0.15) is 0 Å². The summed E-state index contributed by atoms with van der Waals surface area (Å²) in [5.74, 6) is 1.70. The van der Waals surface area contributed by atoms with Gasteiger partial charge in [0.1, 0.15) is 0 Å². The van der Waals surface area contributed by atoms with Gasteiger partial charge in [-0.05, 0) is 55.2 Å². The number of carbonyl (C=O) groups excluding carboxylic acids is 1. The Bertz CT molecular complexity index is 664. The highest BCUT2D eigenvalue weighted by molar-refractivity contribution is 7.99. The molecule has 0 aliphatic carbocycles. The normalized spacial score (nSPS) is 15.2. The number of rotatable bonds is 6. The lowest BCUT2D eigenvalue weighted by Crippen LogP contribution is -2.32. The summed E-state index contributed by atoms with van der Waals surface area (Å²) in [4.78, 5) is 15.7. The first-order chi connectivity index (χ1) is 12.2. The van der Waals surface area contributed by atoms with Crippen LogP contribution in [-0.2, 0) is 4.79 Å². The fourth-order valence-corrected chi connectivity index (χ4v) is 3.90. The first-order valence-corrected chi connectivity index (χ1v) is 10.0. The van der Waals surface area contributed by atoms with Crippen LogP contribution in [0.1, 0.15) is 26.2 Å². The molecule has 1 N–H and O–H groups in total. The number of piperidine rings is 1. The van der Waals surface area contributed by atoms with Crippen molar-refractivity contribution in [1.82, 2.24) is 0 Å². The third kappa shape index (κ3) is 5.53. The van der Waals surface area contributed by atoms with Crippen molar-refractivity contribution in [3.63, 3.8) is 0 Å². The molecule has 0 atom stereocenters. The van der Waals surface area contributed by atoms with Gasteiger partial charge in [0.05, 0.1) is 0 Å². The van der Waals surface area contributed by atoms with Gasteiger partial charge in [-0.25, -0.2) is 0 Å². The van der Waals surface area contributed by atoms with E-state index < -0.39 is 0 Å². The molecule has 1 heterocycles. The molecular formula is C21H26N2OS. The average Bonchev–Trinajstić information content (AvgIpc) is 2.64. The molecule has 2 aromatic carbocycles. The monoisotopic (exact) mass is 354 g/mol. The molecule has 1 fully saturated rings. The molecule has 0 bridgehead atoms. The van der Waals surface area contributed by atoms with Gasteiger partial charge in [0.2, 0.25) is 5.91 Å². The van der Waals surface area contributed by atoms with Crippen LogP contribution in [0, 0.1) is 5.92 Å². The second-order valence-electron chi connectivity index (χ2n) is 6.68. The van der Waals surface area contributed by atoms with E-state index in [1.54, 1.807) is 11.8 Å². The Morgan fingerprint density at radius 2 is 1.76 bits per heavy atom. The van der Waals surface area contributed by atoms with Crippen LogP contribution in [0.4, 0.5) is 11.4 Å². The fourth-order valence-electron chi connectivity index (χ4n) is 3.02. The first kappa shape index (κ1) is 17.9. The molecule has 0 radical (unpaired) electrons. The van der Waals surface area contributed by atoms with Gasteiger partial charge in [-0.15, -0.1) is 11.8 Å². The highest BCUT2D eigenvalue weighted by Gasteiger charge is 2.15. The smallest absolute Gasteiger partial charge is 0.225 e. The largest absolute Gasteiger partial charge is 0.372 e. The van der Waals surface area contributed by atoms with Crippen LogP contribution in [0.2, 0.25) is 0 Å². The third-order valence-corrected chi connectivity index (χ3v) is 5.65. The van der Waals surface area contributed by atoms with Gasteiger partial charge in [0.25, 0.3) is 0 Å². The summed E-state index contributed by atoms with van der Waals surface area (Å²) in [6.45, 7) is 4.58. The van der Waals surface area contributed by atoms with E-state index in [1.807, 2.05) is 30.3 Å². The van der Waals surface area contributed by atoms with E-state index >= 15 is 0 Å². The Kier molecular flexibility index (Phi) is 6.40. The molecule has 1 aliphatic rings. The van der Waals surface area contributed by atoms with Gasteiger partial charge in [-0.1, -0.05) is 25.1 Å². The van der Waals surface area contributed by atoms with E-state index in [-0.39, 0.29) is 5.91 Å². The summed E-state index contributed by atoms with van der Waals surface area (Å²) < 4.78 is 0. The molecule has 0 aromatic heterocycles. The third-order valence-electron chi connectivity index (χ3n) is 4.64. The van der Waals surface area contributed by atoms with Crippen LogP contribution in [0.25, 0.3) is 0 Å². The Morgan fingerprint density at radius 1 is 1.08 bits per heavy atom. The number of nitrogens with one attached hydrogen (secondary N) is 1. The number of hydrogen-bond acceptors (Lipinski definition) is 3. The summed E-state index contributed by atoms with van der Waals surface area (Å²) in [6, 6.07) is 18.4. The number of amides is 1. The molecule has 0 spiro atoms. The molecule has 1 saturated heterocycles. The molecule has 1 amide bonds. The standard InChI is InChI=1S/C21H26N2OS/c1-17-11-14-23(15-12-17)19-9-7-18(8-10-19)22-21(24)13-16-25-20-5-3-2-4-6-20/h2-10,17H,11-16H2,1H3,(H,22,24). The van der Waals surface area contributed by atoms with Crippen molar-refractivity contribution in [1.29, 1.82) is 0 Å². The minimum Gasteiger partial charge on any atom is -0.372 e. The van der Waals surface area contributed by atoms with E-state index in [1.165, 1.54) is 23.4 Å². The van der Waals surface area contributed by atoms with Crippen LogP contribution in [0.5, 0.6) is 0 Å². The van der Waals surface area contributed by atoms with Gasteiger partial charge >= 0.3 is 0 Å². The van der Waals surface area contributed by atoms with Crippen molar-refractivity contribution in [3.8, 4) is 0 Å². The first-order valence-electron chi connectivity index (χ1n) is 9.03. The minimum atomic E-state index is 0.0722. The number of benzene rings is 2. The molecule has 2 aromatic rings. The predicted molar refractivity (Wildman–Crippen MR) is 107 cm³/mol. The van der Waals surface area contributed by atoms with Crippen molar-refractivity contribution in [2.45, 2.75) is 31.1 Å². The number of anilines is 2. The van der Waals surface area contributed by atoms with Crippen molar-refractivity contribution in [2.75, 3.05) is 29.1 Å². The Labute approximate surface area is 154 Å². The molecule has 3 nitrogen and oxygen atoms in total. The summed E-state index contributed by atoms with van der Waals surface area (Å²) in [5, 5.41) is 2.99. The Balaban J connectivity index is 1.44. The van der Waals surface area contributed by atoms with E-state index in [0.29, 0.717) is 6.42 Å². The average molecular weight is 355 g/mol. The second kappa shape index (κ2) is 8.95. The summed E-state index contributed by atoms with van der Waals surface area (Å²) in [7, 11) is 0. The lowest BCUT2D eigenvalue weighted by Gasteiger charge is -2.32. The maximum absolute atomic E-state index is 12.1. The highest BCUT2D eigenvalue weighted by Crippen LogP contribution is 2.24. The summed E-state index contributed by atoms with van der Waals surface area (Å²) in [6.07, 6.45) is 3.04. The summed E-state index contributed by atoms with van der Waals surface area (Å²) in [5.41, 5.74) is 2.13. The quantitative estimate of drug-likeness (QED) is 0.737. The van der Waals surface area contributed by atoms with Crippen LogP contribution in [-0.4, -0.2) is 24.7 Å². The Hall–Kier alpha value is -1.94. The predicted octanol–water partition coefficient (Wildman–Crippen LogP) is 5.04. The molecular weight excluding hydrogens is 328 g/mol. The van der Waals surface area contributed by atoms with E-state index in [0.717, 1.165) is 30.4 Å². The zero-order chi connectivity index (χ0) is 17.5. The zero-order valence-corrected chi connectivity index (χ0v) is 15.6. The minimum absolute atomic E-state index is 0.0722. The van der Waals surface area contributed by atoms with Crippen molar-refractivity contribution in [3.05, 3.63) is 54.6 Å². The second-order valence-corrected chi connectivity index (χ2v) is 7.84. The highest BCUT2D eigenvalue weighted by atomic mass is 32.2. The summed E-state index contributed by atoms with van der Waals surface area (Å²) >= 11 is 1.71.